The van der Waals surface area contributed by atoms with E-state index < -0.39 is 57.7 Å². The average Bonchev–Trinajstić information content (AvgIpc) is 3.44. The minimum atomic E-state index is -5.34. The lowest BCUT2D eigenvalue weighted by molar-refractivity contribution is -0.277. The molecular formula is C25H21BrF7N3O3. The first kappa shape index (κ1) is 28.8. The van der Waals surface area contributed by atoms with Crippen molar-refractivity contribution in [2.45, 2.75) is 50.7 Å². The van der Waals surface area contributed by atoms with E-state index in [1.165, 1.54) is 25.1 Å². The third-order valence-electron chi connectivity index (χ3n) is 6.71. The number of benzene rings is 2. The van der Waals surface area contributed by atoms with Gasteiger partial charge in [0.1, 0.15) is 5.82 Å². The summed E-state index contributed by atoms with van der Waals surface area (Å²) in [5.41, 5.74) is -6.00. The quantitative estimate of drug-likeness (QED) is 0.425. The zero-order chi connectivity index (χ0) is 28.9. The maximum absolute atomic E-state index is 14.9. The fourth-order valence-corrected chi connectivity index (χ4v) is 5.08. The van der Waals surface area contributed by atoms with Crippen molar-refractivity contribution in [2.75, 3.05) is 13.1 Å². The zero-order valence-electron chi connectivity index (χ0n) is 20.4. The van der Waals surface area contributed by atoms with Crippen molar-refractivity contribution in [3.05, 3.63) is 68.4 Å². The number of alkyl halides is 6. The van der Waals surface area contributed by atoms with Crippen molar-refractivity contribution in [2.24, 2.45) is 5.16 Å². The summed E-state index contributed by atoms with van der Waals surface area (Å²) in [6.07, 6.45) is -11.4. The second kappa shape index (κ2) is 10.1. The second-order valence-corrected chi connectivity index (χ2v) is 10.1. The molecule has 1 fully saturated rings. The Bertz CT molecular complexity index is 1360. The van der Waals surface area contributed by atoms with Crippen LogP contribution >= 0.6 is 15.9 Å². The van der Waals surface area contributed by atoms with Gasteiger partial charge in [-0.05, 0) is 65.2 Å². The number of hydrogen-bond donors (Lipinski definition) is 1. The summed E-state index contributed by atoms with van der Waals surface area (Å²) < 4.78 is 96.9. The minimum Gasteiger partial charge on any atom is -0.374 e. The number of rotatable bonds is 5. The Morgan fingerprint density at radius 2 is 1.90 bits per heavy atom. The van der Waals surface area contributed by atoms with Crippen LogP contribution in [0.4, 0.5) is 30.7 Å². The fraction of sp³-hybridized carbons (Fsp3) is 0.400. The first-order valence-corrected chi connectivity index (χ1v) is 12.4. The van der Waals surface area contributed by atoms with Crippen LogP contribution in [0.3, 0.4) is 0 Å². The van der Waals surface area contributed by atoms with Crippen LogP contribution in [0.2, 0.25) is 0 Å². The molecule has 0 radical (unpaired) electrons. The molecule has 0 saturated carbocycles. The lowest BCUT2D eigenvalue weighted by Crippen LogP contribution is -2.43. The van der Waals surface area contributed by atoms with Crippen molar-refractivity contribution < 1.29 is 45.2 Å². The number of carbonyl (C=O) groups is 2. The third kappa shape index (κ3) is 5.35. The molecule has 4 rings (SSSR count). The predicted octanol–water partition coefficient (Wildman–Crippen LogP) is 5.85. The van der Waals surface area contributed by atoms with Crippen molar-refractivity contribution in [1.82, 2.24) is 10.2 Å². The number of halogens is 8. The Labute approximate surface area is 226 Å². The smallest absolute Gasteiger partial charge is 0.374 e. The maximum atomic E-state index is 14.9. The number of hydrogen-bond acceptors (Lipinski definition) is 4. The highest BCUT2D eigenvalue weighted by atomic mass is 79.9. The van der Waals surface area contributed by atoms with E-state index in [1.54, 1.807) is 4.90 Å². The van der Waals surface area contributed by atoms with E-state index in [0.717, 1.165) is 0 Å². The molecule has 14 heteroatoms. The predicted molar refractivity (Wildman–Crippen MR) is 128 cm³/mol. The highest BCUT2D eigenvalue weighted by molar-refractivity contribution is 9.10. The number of amides is 2. The topological polar surface area (TPSA) is 71.0 Å². The van der Waals surface area contributed by atoms with E-state index in [9.17, 15) is 40.3 Å². The highest BCUT2D eigenvalue weighted by Gasteiger charge is 2.64. The molecule has 210 valence electrons. The van der Waals surface area contributed by atoms with E-state index in [4.69, 9.17) is 4.84 Å². The Morgan fingerprint density at radius 3 is 2.46 bits per heavy atom. The van der Waals surface area contributed by atoms with Crippen LogP contribution in [0.25, 0.3) is 0 Å². The van der Waals surface area contributed by atoms with Crippen LogP contribution < -0.4 is 5.32 Å². The van der Waals surface area contributed by atoms with Gasteiger partial charge in [0, 0.05) is 30.6 Å². The highest BCUT2D eigenvalue weighted by Crippen LogP contribution is 2.51. The molecule has 0 aliphatic carbocycles. The van der Waals surface area contributed by atoms with Gasteiger partial charge in [-0.15, -0.1) is 0 Å². The SMILES string of the molecule is CCN1C[C@@H](NC(=O)c2ccc(C3=NO[C@](c4cc(C(F)(F)F)cc(Br)c4F)(C(F)(F)F)C3)cc2C)CC1=O. The lowest BCUT2D eigenvalue weighted by Gasteiger charge is -2.30. The summed E-state index contributed by atoms with van der Waals surface area (Å²) in [5, 5.41) is 6.24. The molecule has 2 heterocycles. The molecule has 2 aliphatic heterocycles. The molecule has 2 atom stereocenters. The summed E-state index contributed by atoms with van der Waals surface area (Å²) in [7, 11) is 0. The average molecular weight is 624 g/mol. The largest absolute Gasteiger partial charge is 0.435 e. The van der Waals surface area contributed by atoms with Gasteiger partial charge in [0.25, 0.3) is 11.5 Å². The number of aryl methyl sites for hydroxylation is 1. The van der Waals surface area contributed by atoms with Crippen LogP contribution in [0.15, 0.2) is 40.0 Å². The molecule has 39 heavy (non-hydrogen) atoms. The van der Waals surface area contributed by atoms with Gasteiger partial charge in [-0.1, -0.05) is 11.2 Å². The van der Waals surface area contributed by atoms with E-state index in [1.807, 2.05) is 6.92 Å². The molecule has 2 aromatic carbocycles. The van der Waals surface area contributed by atoms with Crippen molar-refractivity contribution in [3.8, 4) is 0 Å². The van der Waals surface area contributed by atoms with Crippen molar-refractivity contribution in [3.63, 3.8) is 0 Å². The van der Waals surface area contributed by atoms with Gasteiger partial charge in [0.15, 0.2) is 0 Å². The number of nitrogens with one attached hydrogen (secondary N) is 1. The molecule has 0 spiro atoms. The number of likely N-dealkylation sites (tertiary alicyclic amines) is 1. The molecule has 0 bridgehead atoms. The van der Waals surface area contributed by atoms with Crippen LogP contribution in [0, 0.1) is 12.7 Å². The van der Waals surface area contributed by atoms with Gasteiger partial charge in [-0.2, -0.15) is 26.3 Å². The zero-order valence-corrected chi connectivity index (χ0v) is 22.0. The van der Waals surface area contributed by atoms with E-state index in [0.29, 0.717) is 24.7 Å². The van der Waals surface area contributed by atoms with Crippen LogP contribution in [-0.2, 0) is 21.4 Å². The number of carbonyl (C=O) groups excluding carboxylic acids is 2. The van der Waals surface area contributed by atoms with Gasteiger partial charge >= 0.3 is 12.4 Å². The Morgan fingerprint density at radius 1 is 1.21 bits per heavy atom. The molecule has 2 amide bonds. The molecule has 2 aliphatic rings. The molecule has 6 nitrogen and oxygen atoms in total. The first-order valence-electron chi connectivity index (χ1n) is 11.7. The van der Waals surface area contributed by atoms with Gasteiger partial charge in [0.05, 0.1) is 28.2 Å². The summed E-state index contributed by atoms with van der Waals surface area (Å²) in [4.78, 5) is 31.0. The van der Waals surface area contributed by atoms with Crippen LogP contribution in [0.5, 0.6) is 0 Å². The van der Waals surface area contributed by atoms with Gasteiger partial charge < -0.3 is 15.1 Å². The van der Waals surface area contributed by atoms with Crippen LogP contribution in [-0.4, -0.2) is 47.7 Å². The van der Waals surface area contributed by atoms with E-state index in [2.05, 4.69) is 26.4 Å². The molecule has 1 saturated heterocycles. The third-order valence-corrected chi connectivity index (χ3v) is 7.29. The summed E-state index contributed by atoms with van der Waals surface area (Å²) >= 11 is 2.57. The molecule has 1 N–H and O–H groups in total. The maximum Gasteiger partial charge on any atom is 0.435 e. The van der Waals surface area contributed by atoms with Gasteiger partial charge in [0.2, 0.25) is 5.91 Å². The molecule has 0 aromatic heterocycles. The van der Waals surface area contributed by atoms with Gasteiger partial charge in [-0.3, -0.25) is 9.59 Å². The second-order valence-electron chi connectivity index (χ2n) is 9.28. The Hall–Kier alpha value is -3.16. The number of nitrogens with zero attached hydrogens (tertiary/aromatic N) is 2. The van der Waals surface area contributed by atoms with Crippen molar-refractivity contribution in [1.29, 1.82) is 0 Å². The summed E-state index contributed by atoms with van der Waals surface area (Å²) in [5.74, 6) is -2.14. The standard InChI is InChI=1S/C25H21BrF7N3O3/c1-3-36-11-15(9-20(36)37)34-22(38)16-5-4-13(6-12(16)2)19-10-23(39-35-19,25(31,32)33)17-7-14(24(28,29)30)8-18(26)21(17)27/h4-8,15H,3,9-11H2,1-2H3,(H,34,38)/t15-,23+/m0/s1. The van der Waals surface area contributed by atoms with Crippen LogP contribution in [0.1, 0.15) is 52.4 Å². The Kier molecular flexibility index (Phi) is 7.47. The monoisotopic (exact) mass is 623 g/mol. The van der Waals surface area contributed by atoms with E-state index in [-0.39, 0.29) is 35.2 Å². The molecule has 0 unspecified atom stereocenters. The molecule has 2 aromatic rings. The first-order chi connectivity index (χ1) is 18.1. The minimum absolute atomic E-state index is 0.0676. The summed E-state index contributed by atoms with van der Waals surface area (Å²) in [6.45, 7) is 4.21. The number of likely N-dealkylation sites (N-methyl/N-ethyl adjacent to an activating group) is 1. The van der Waals surface area contributed by atoms with Crippen molar-refractivity contribution >= 4 is 33.5 Å². The normalized spacial score (nSPS) is 21.7. The Balaban J connectivity index is 1.61. The van der Waals surface area contributed by atoms with E-state index >= 15 is 0 Å². The summed E-state index contributed by atoms with van der Waals surface area (Å²) in [6, 6.07) is 4.05. The number of oxime groups is 1. The lowest BCUT2D eigenvalue weighted by atomic mass is 9.85. The fourth-order valence-electron chi connectivity index (χ4n) is 4.62. The molecular weight excluding hydrogens is 603 g/mol. The van der Waals surface area contributed by atoms with Gasteiger partial charge in [-0.25, -0.2) is 4.39 Å².